The van der Waals surface area contributed by atoms with E-state index in [1.165, 1.54) is 12.1 Å². The molecule has 0 atom stereocenters. The van der Waals surface area contributed by atoms with Gasteiger partial charge in [-0.3, -0.25) is 14.5 Å². The van der Waals surface area contributed by atoms with Gasteiger partial charge < -0.3 is 19.0 Å². The van der Waals surface area contributed by atoms with Gasteiger partial charge in [0, 0.05) is 38.3 Å². The number of benzene rings is 2. The Hall–Kier alpha value is -3.49. The number of morpholine rings is 1. The lowest BCUT2D eigenvalue weighted by atomic mass is 10.1. The van der Waals surface area contributed by atoms with Crippen LogP contribution in [0.15, 0.2) is 65.1 Å². The highest BCUT2D eigenvalue weighted by Crippen LogP contribution is 2.16. The Bertz CT molecular complexity index is 1190. The van der Waals surface area contributed by atoms with Crippen LogP contribution in [0.3, 0.4) is 0 Å². The summed E-state index contributed by atoms with van der Waals surface area (Å²) in [6.07, 6.45) is 0.887. The number of hydrogen-bond acceptors (Lipinski definition) is 5. The highest BCUT2D eigenvalue weighted by Gasteiger charge is 2.24. The molecule has 1 aromatic heterocycles. The molecule has 0 saturated carbocycles. The molecule has 0 bridgehead atoms. The van der Waals surface area contributed by atoms with Crippen LogP contribution >= 0.6 is 0 Å². The van der Waals surface area contributed by atoms with Gasteiger partial charge in [-0.15, -0.1) is 0 Å². The van der Waals surface area contributed by atoms with Gasteiger partial charge in [0.25, 0.3) is 5.91 Å². The van der Waals surface area contributed by atoms with Crippen LogP contribution in [0.1, 0.15) is 39.9 Å². The van der Waals surface area contributed by atoms with Crippen molar-refractivity contribution >= 4 is 11.8 Å². The van der Waals surface area contributed by atoms with Crippen LogP contribution in [0.2, 0.25) is 0 Å². The maximum atomic E-state index is 13.7. The molecule has 0 radical (unpaired) electrons. The molecule has 1 aliphatic rings. The number of halogens is 1. The van der Waals surface area contributed by atoms with E-state index in [2.05, 4.69) is 11.8 Å². The van der Waals surface area contributed by atoms with Crippen molar-refractivity contribution in [1.82, 2.24) is 14.7 Å². The largest absolute Gasteiger partial charge is 0.464 e. The highest BCUT2D eigenvalue weighted by atomic mass is 19.1. The first-order valence-corrected chi connectivity index (χ1v) is 13.2. The van der Waals surface area contributed by atoms with E-state index >= 15 is 0 Å². The molecular formula is C30H36FN3O4. The van der Waals surface area contributed by atoms with Crippen LogP contribution < -0.4 is 0 Å². The summed E-state index contributed by atoms with van der Waals surface area (Å²) < 4.78 is 24.7. The molecule has 1 saturated heterocycles. The molecule has 0 aliphatic carbocycles. The third-order valence-corrected chi connectivity index (χ3v) is 6.79. The first-order chi connectivity index (χ1) is 18.4. The maximum absolute atomic E-state index is 13.7. The number of carbonyl (C=O) groups is 2. The summed E-state index contributed by atoms with van der Waals surface area (Å²) in [5.41, 5.74) is 2.50. The predicted octanol–water partition coefficient (Wildman–Crippen LogP) is 4.29. The van der Waals surface area contributed by atoms with Crippen LogP contribution in [0.5, 0.6) is 0 Å². The summed E-state index contributed by atoms with van der Waals surface area (Å²) >= 11 is 0. The van der Waals surface area contributed by atoms with Crippen molar-refractivity contribution in [3.63, 3.8) is 0 Å². The summed E-state index contributed by atoms with van der Waals surface area (Å²) in [6.45, 7) is 8.39. The van der Waals surface area contributed by atoms with Crippen molar-refractivity contribution in [3.05, 3.63) is 94.7 Å². The maximum Gasteiger partial charge on any atom is 0.254 e. The lowest BCUT2D eigenvalue weighted by Crippen LogP contribution is -2.47. The van der Waals surface area contributed by atoms with Gasteiger partial charge in [0.05, 0.1) is 19.8 Å². The van der Waals surface area contributed by atoms with E-state index < -0.39 is 0 Å². The van der Waals surface area contributed by atoms with Crippen molar-refractivity contribution in [3.8, 4) is 0 Å². The molecule has 8 heteroatoms. The average molecular weight is 522 g/mol. The monoisotopic (exact) mass is 521 g/mol. The van der Waals surface area contributed by atoms with E-state index in [0.29, 0.717) is 37.6 Å². The summed E-state index contributed by atoms with van der Waals surface area (Å²) in [4.78, 5) is 32.8. The number of hydrogen-bond donors (Lipinski definition) is 0. The Morgan fingerprint density at radius 3 is 2.21 bits per heavy atom. The number of aryl methyl sites for hydroxylation is 2. The van der Waals surface area contributed by atoms with E-state index in [1.54, 1.807) is 21.9 Å². The molecule has 2 amide bonds. The smallest absolute Gasteiger partial charge is 0.254 e. The Kier molecular flexibility index (Phi) is 9.67. The van der Waals surface area contributed by atoms with Crippen molar-refractivity contribution in [2.75, 3.05) is 45.9 Å². The lowest BCUT2D eigenvalue weighted by molar-refractivity contribution is -0.133. The fourth-order valence-electron chi connectivity index (χ4n) is 4.47. The van der Waals surface area contributed by atoms with Gasteiger partial charge in [0.1, 0.15) is 23.9 Å². The molecular weight excluding hydrogens is 485 g/mol. The number of rotatable bonds is 11. The molecule has 0 N–H and O–H groups in total. The molecule has 38 heavy (non-hydrogen) atoms. The van der Waals surface area contributed by atoms with E-state index in [4.69, 9.17) is 9.15 Å². The number of ether oxygens (including phenoxy) is 1. The molecule has 2 heterocycles. The average Bonchev–Trinajstić information content (AvgIpc) is 3.36. The molecule has 4 rings (SSSR count). The van der Waals surface area contributed by atoms with Gasteiger partial charge in [0.2, 0.25) is 5.91 Å². The fraction of sp³-hybridized carbons (Fsp3) is 0.400. The summed E-state index contributed by atoms with van der Waals surface area (Å²) in [7, 11) is 0. The normalized spacial score (nSPS) is 13.9. The first-order valence-electron chi connectivity index (χ1n) is 13.2. The summed E-state index contributed by atoms with van der Waals surface area (Å²) in [5.74, 6) is 0.697. The van der Waals surface area contributed by atoms with Gasteiger partial charge in [-0.25, -0.2) is 4.39 Å². The van der Waals surface area contributed by atoms with E-state index in [1.807, 2.05) is 43.3 Å². The minimum Gasteiger partial charge on any atom is -0.464 e. The van der Waals surface area contributed by atoms with Crippen LogP contribution in [-0.2, 0) is 29.0 Å². The van der Waals surface area contributed by atoms with Gasteiger partial charge >= 0.3 is 0 Å². The zero-order valence-electron chi connectivity index (χ0n) is 22.2. The van der Waals surface area contributed by atoms with E-state index in [0.717, 1.165) is 36.4 Å². The third-order valence-electron chi connectivity index (χ3n) is 6.79. The number of carbonyl (C=O) groups excluding carboxylic acids is 2. The Balaban J connectivity index is 1.53. The molecule has 202 valence electrons. The number of nitrogens with zero attached hydrogens (tertiary/aromatic N) is 3. The van der Waals surface area contributed by atoms with Crippen molar-refractivity contribution in [2.24, 2.45) is 0 Å². The van der Waals surface area contributed by atoms with Crippen molar-refractivity contribution in [1.29, 1.82) is 0 Å². The van der Waals surface area contributed by atoms with E-state index in [9.17, 15) is 14.0 Å². The summed E-state index contributed by atoms with van der Waals surface area (Å²) in [6, 6.07) is 17.4. The Labute approximate surface area is 223 Å². The lowest BCUT2D eigenvalue weighted by Gasteiger charge is -2.31. The molecule has 2 aromatic carbocycles. The van der Waals surface area contributed by atoms with Crippen LogP contribution in [0, 0.1) is 12.7 Å². The van der Waals surface area contributed by atoms with Gasteiger partial charge in [-0.05, 0) is 60.9 Å². The quantitative estimate of drug-likeness (QED) is 0.377. The zero-order valence-corrected chi connectivity index (χ0v) is 22.2. The van der Waals surface area contributed by atoms with Gasteiger partial charge in [0.15, 0.2) is 0 Å². The second-order valence-electron chi connectivity index (χ2n) is 9.62. The number of amides is 2. The van der Waals surface area contributed by atoms with E-state index in [-0.39, 0.29) is 37.3 Å². The fourth-order valence-corrected chi connectivity index (χ4v) is 4.47. The second kappa shape index (κ2) is 13.3. The summed E-state index contributed by atoms with van der Waals surface area (Å²) in [5, 5.41) is 0. The second-order valence-corrected chi connectivity index (χ2v) is 9.62. The van der Waals surface area contributed by atoms with Gasteiger partial charge in [-0.2, -0.15) is 0 Å². The predicted molar refractivity (Wildman–Crippen MR) is 143 cm³/mol. The minimum atomic E-state index is -0.331. The Morgan fingerprint density at radius 1 is 0.895 bits per heavy atom. The first kappa shape index (κ1) is 27.5. The van der Waals surface area contributed by atoms with Crippen LogP contribution in [0.4, 0.5) is 4.39 Å². The minimum absolute atomic E-state index is 0.0699. The molecule has 1 aliphatic heterocycles. The molecule has 0 spiro atoms. The number of furan rings is 1. The SMILES string of the molecule is CCc1ccc(C(=O)N(CCN2CCOCC2)CC(=O)N(Cc2ccc(F)cc2)Cc2ccc(C)o2)cc1. The van der Waals surface area contributed by atoms with Gasteiger partial charge in [-0.1, -0.05) is 31.2 Å². The molecule has 1 fully saturated rings. The molecule has 0 unspecified atom stereocenters. The van der Waals surface area contributed by atoms with Crippen LogP contribution in [0.25, 0.3) is 0 Å². The zero-order chi connectivity index (χ0) is 26.9. The van der Waals surface area contributed by atoms with Crippen molar-refractivity contribution in [2.45, 2.75) is 33.4 Å². The van der Waals surface area contributed by atoms with Crippen molar-refractivity contribution < 1.29 is 23.1 Å². The third kappa shape index (κ3) is 7.76. The molecule has 3 aromatic rings. The van der Waals surface area contributed by atoms with Crippen LogP contribution in [-0.4, -0.2) is 72.5 Å². The Morgan fingerprint density at radius 2 is 1.58 bits per heavy atom. The highest BCUT2D eigenvalue weighted by molar-refractivity contribution is 5.96. The topological polar surface area (TPSA) is 66.2 Å². The standard InChI is InChI=1S/C30H36FN3O4/c1-3-24-5-9-26(10-6-24)30(36)33(15-14-32-16-18-37-19-17-32)22-29(35)34(21-28-13-4-23(2)38-28)20-25-7-11-27(31)12-8-25/h4-13H,3,14-22H2,1-2H3. The molecule has 7 nitrogen and oxygen atoms in total.